The van der Waals surface area contributed by atoms with E-state index in [4.69, 9.17) is 4.55 Å². The van der Waals surface area contributed by atoms with Gasteiger partial charge in [0.15, 0.2) is 0 Å². The summed E-state index contributed by atoms with van der Waals surface area (Å²) in [5.74, 6) is 0. The van der Waals surface area contributed by atoms with Crippen LogP contribution in [0.1, 0.15) is 12.8 Å². The van der Waals surface area contributed by atoms with E-state index in [2.05, 4.69) is 0 Å². The first-order valence-corrected chi connectivity index (χ1v) is 7.54. The van der Waals surface area contributed by atoms with Crippen LogP contribution >= 0.6 is 0 Å². The van der Waals surface area contributed by atoms with Crippen molar-refractivity contribution in [3.63, 3.8) is 0 Å². The summed E-state index contributed by atoms with van der Waals surface area (Å²) in [5.41, 5.74) is 0. The van der Waals surface area contributed by atoms with Gasteiger partial charge in [-0.3, -0.25) is 0 Å². The molecule has 0 unspecified atom stereocenters. The molecule has 76 valence electrons. The second-order valence-electron chi connectivity index (χ2n) is 1.82. The summed E-state index contributed by atoms with van der Waals surface area (Å²) in [5, 5.41) is 0. The molecular formula is C5H9F3N2SiY4. The molecule has 0 atom stereocenters. The second-order valence-corrected chi connectivity index (χ2v) is 3.03. The zero-order chi connectivity index (χ0) is 11.3. The van der Waals surface area contributed by atoms with E-state index >= 15 is 0 Å². The number of alkyl halides is 3. The normalized spacial score (nSPS) is 7.87. The van der Waals surface area contributed by atoms with Crippen molar-refractivity contribution in [3.8, 4) is 0 Å². The fourth-order valence-electron chi connectivity index (χ4n) is 0.466. The van der Waals surface area contributed by atoms with Crippen LogP contribution in [0.3, 0.4) is 0 Å². The molecule has 10 heteroatoms. The average molecular weight is 538 g/mol. The predicted molar refractivity (Wildman–Crippen MR) is 35.2 cm³/mol. The van der Waals surface area contributed by atoms with Gasteiger partial charge in [0.1, 0.15) is 0 Å². The molecule has 2 nitrogen and oxygen atoms in total. The van der Waals surface area contributed by atoms with E-state index in [0.717, 1.165) is 0 Å². The molecule has 0 aliphatic heterocycles. The standard InChI is InChI=1S/C5H9F3Si.2N.4Y/c1-9-4-2-3-5(6,7)8;;;;;;/h2-4H2,1H3;;;;;;. The van der Waals surface area contributed by atoms with Crippen molar-refractivity contribution in [2.75, 3.05) is 0 Å². The zero-order valence-electron chi connectivity index (χ0n) is 8.46. The molecule has 0 saturated carbocycles. The van der Waals surface area contributed by atoms with Crippen molar-refractivity contribution in [2.45, 2.75) is 31.6 Å². The molecule has 0 aliphatic carbocycles. The average Bonchev–Trinajstić information content (AvgIpc) is 2.10. The van der Waals surface area contributed by atoms with Crippen LogP contribution in [0.2, 0.25) is 12.6 Å². The van der Waals surface area contributed by atoms with Gasteiger partial charge in [-0.15, -0.1) is 0 Å². The van der Waals surface area contributed by atoms with Crippen LogP contribution in [-0.4, -0.2) is 15.7 Å². The molecular weight excluding hydrogens is 529 g/mol. The third-order valence-corrected chi connectivity index (χ3v) is 1.74. The number of hydrogen-bond acceptors (Lipinski definition) is 2. The van der Waals surface area contributed by atoms with Crippen molar-refractivity contribution >= 4 is 9.52 Å². The van der Waals surface area contributed by atoms with E-state index in [0.29, 0.717) is 83.2 Å². The molecule has 0 saturated heterocycles. The first kappa shape index (κ1) is 31.3. The van der Waals surface area contributed by atoms with Gasteiger partial charge in [-0.1, -0.05) is 12.6 Å². The van der Waals surface area contributed by atoms with Gasteiger partial charge in [0, 0.05) is 81.4 Å². The summed E-state index contributed by atoms with van der Waals surface area (Å²) in [6.07, 6.45) is -4.27. The molecule has 0 amide bonds. The Labute approximate surface area is 181 Å². The molecule has 0 N–H and O–H groups in total. The van der Waals surface area contributed by atoms with E-state index in [9.17, 15) is 13.2 Å². The van der Waals surface area contributed by atoms with Crippen LogP contribution in [-0.2, 0) is 127 Å². The van der Waals surface area contributed by atoms with Gasteiger partial charge in [-0.05, 0) is 6.42 Å². The SMILES string of the molecule is C[Si]CCCC(F)(F)F.[N]#[Y].[N]#[Y].[Y].[Y]. The maximum absolute atomic E-state index is 11.4. The summed E-state index contributed by atoms with van der Waals surface area (Å²) in [4.78, 5) is 0. The van der Waals surface area contributed by atoms with Crippen molar-refractivity contribution in [1.29, 1.82) is 4.55 Å². The molecule has 0 aliphatic rings. The van der Waals surface area contributed by atoms with E-state index in [-0.39, 0.29) is 65.4 Å². The minimum absolute atomic E-state index is 0. The molecule has 0 aromatic carbocycles. The topological polar surface area (TPSA) is 47.6 Å². The molecule has 0 fully saturated rings. The van der Waals surface area contributed by atoms with Crippen LogP contribution in [0.5, 0.6) is 0 Å². The van der Waals surface area contributed by atoms with Gasteiger partial charge in [-0.25, -0.2) is 0 Å². The molecule has 0 rings (SSSR count). The Bertz CT molecular complexity index is 135. The minimum Gasteiger partial charge on any atom is 0 e. The summed E-state index contributed by atoms with van der Waals surface area (Å²) < 4.78 is 48.4. The molecule has 0 aromatic rings. The first-order valence-electron chi connectivity index (χ1n) is 3.29. The van der Waals surface area contributed by atoms with Gasteiger partial charge in [0.2, 0.25) is 0 Å². The van der Waals surface area contributed by atoms with Gasteiger partial charge in [0.05, 0.1) is 0 Å². The maximum atomic E-state index is 11.4. The van der Waals surface area contributed by atoms with E-state index < -0.39 is 12.6 Å². The fraction of sp³-hybridized carbons (Fsp3) is 1.00. The van der Waals surface area contributed by atoms with Gasteiger partial charge < -0.3 is 0 Å². The molecule has 0 bridgehead atoms. The predicted octanol–water partition coefficient (Wildman–Crippen LogP) is 2.52. The summed E-state index contributed by atoms with van der Waals surface area (Å²) in [6.45, 7) is 1.91. The molecule has 0 aromatic heterocycles. The summed E-state index contributed by atoms with van der Waals surface area (Å²) in [7, 11) is 0.644. The Balaban J connectivity index is -0.0000000496. The third-order valence-electron chi connectivity index (χ3n) is 0.887. The third kappa shape index (κ3) is 46.2. The Morgan fingerprint density at radius 2 is 1.40 bits per heavy atom. The smallest absolute Gasteiger partial charge is 0 e. The van der Waals surface area contributed by atoms with Crippen LogP contribution in [0.25, 0.3) is 0 Å². The number of rotatable bonds is 3. The number of hydrogen-bond donors (Lipinski definition) is 0. The Morgan fingerprint density at radius 3 is 1.60 bits per heavy atom. The summed E-state index contributed by atoms with van der Waals surface area (Å²) in [6, 6.07) is 0.708. The Morgan fingerprint density at radius 1 is 1.07 bits per heavy atom. The number of halogens is 3. The zero-order valence-corrected chi connectivity index (χ0v) is 20.8. The summed E-state index contributed by atoms with van der Waals surface area (Å²) >= 11 is 0.700. The van der Waals surface area contributed by atoms with E-state index in [1.807, 2.05) is 6.55 Å². The van der Waals surface area contributed by atoms with Crippen LogP contribution in [0.15, 0.2) is 0 Å². The maximum Gasteiger partial charge on any atom is 0 e. The van der Waals surface area contributed by atoms with Crippen molar-refractivity contribution in [2.24, 2.45) is 0 Å². The van der Waals surface area contributed by atoms with Gasteiger partial charge in [-0.2, -0.15) is 13.2 Å². The fourth-order valence-corrected chi connectivity index (χ4v) is 0.996. The largest absolute Gasteiger partial charge is 0 e. The van der Waals surface area contributed by atoms with Crippen LogP contribution in [0, 0.1) is 4.55 Å². The van der Waals surface area contributed by atoms with E-state index in [1.165, 1.54) is 0 Å². The van der Waals surface area contributed by atoms with Crippen LogP contribution < -0.4 is 0 Å². The van der Waals surface area contributed by atoms with Gasteiger partial charge in [0.25, 0.3) is 0 Å². The Hall–Kier alpha value is 3.84. The monoisotopic (exact) mass is 538 g/mol. The quantitative estimate of drug-likeness (QED) is 0.410. The minimum atomic E-state index is -3.94. The number of nitrogens with zero attached hydrogens (tertiary/aromatic N) is 2. The van der Waals surface area contributed by atoms with Crippen molar-refractivity contribution in [3.05, 3.63) is 0 Å². The molecule has 4 radical (unpaired) electrons. The van der Waals surface area contributed by atoms with Gasteiger partial charge >= 0.3 is 72.0 Å². The van der Waals surface area contributed by atoms with Crippen LogP contribution in [0.4, 0.5) is 13.2 Å². The van der Waals surface area contributed by atoms with E-state index in [1.54, 1.807) is 0 Å². The first-order chi connectivity index (χ1) is 6.06. The van der Waals surface area contributed by atoms with Crippen molar-refractivity contribution in [1.82, 2.24) is 0 Å². The Kier molecular flexibility index (Phi) is 55.1. The molecule has 0 spiro atoms. The molecule has 15 heavy (non-hydrogen) atoms. The van der Waals surface area contributed by atoms with Crippen molar-refractivity contribution < 1.29 is 140 Å². The molecule has 0 heterocycles. The second kappa shape index (κ2) is 26.4.